The summed E-state index contributed by atoms with van der Waals surface area (Å²) in [6.45, 7) is 1.84. The van der Waals surface area contributed by atoms with Crippen LogP contribution >= 0.6 is 0 Å². The van der Waals surface area contributed by atoms with Crippen LogP contribution in [0, 0.1) is 12.1 Å². The highest BCUT2D eigenvalue weighted by atomic mass is 16.8. The molecule has 0 aliphatic heterocycles. The summed E-state index contributed by atoms with van der Waals surface area (Å²) in [6.07, 6.45) is 1.68. The largest absolute Gasteiger partial charge is 0.451 e. The third-order valence-corrected chi connectivity index (χ3v) is 2.56. The van der Waals surface area contributed by atoms with Crippen LogP contribution in [-0.4, -0.2) is 10.1 Å². The van der Waals surface area contributed by atoms with Crippen molar-refractivity contribution in [3.8, 4) is 11.5 Å². The number of hydrogen-bond acceptors (Lipinski definition) is 5. The van der Waals surface area contributed by atoms with Crippen molar-refractivity contribution in [1.29, 1.82) is 0 Å². The monoisotopic (exact) mass is 243 g/mol. The van der Waals surface area contributed by atoms with Crippen molar-refractivity contribution in [2.75, 3.05) is 0 Å². The lowest BCUT2D eigenvalue weighted by Gasteiger charge is -2.05. The highest BCUT2D eigenvalue weighted by Gasteiger charge is 2.16. The molecule has 0 saturated carbocycles. The van der Waals surface area contributed by atoms with Crippen LogP contribution < -0.4 is 9.64 Å². The summed E-state index contributed by atoms with van der Waals surface area (Å²) < 4.78 is 10.2. The Labute approximate surface area is 102 Å². The van der Waals surface area contributed by atoms with Gasteiger partial charge in [-0.15, -0.1) is 0 Å². The van der Waals surface area contributed by atoms with Gasteiger partial charge in [-0.25, -0.2) is 0 Å². The van der Waals surface area contributed by atoms with E-state index in [-0.39, 0.29) is 0 Å². The number of benzene rings is 1. The van der Waals surface area contributed by atoms with E-state index in [2.05, 4.69) is 14.8 Å². The summed E-state index contributed by atoms with van der Waals surface area (Å²) in [6, 6.07) is 8.61. The normalized spacial score (nSPS) is 10.7. The number of nitrogens with zero attached hydrogens (tertiary/aromatic N) is 3. The van der Waals surface area contributed by atoms with Gasteiger partial charge in [0.15, 0.2) is 5.75 Å². The van der Waals surface area contributed by atoms with E-state index in [1.807, 2.05) is 6.92 Å². The molecule has 2 aromatic heterocycles. The molecule has 0 unspecified atom stereocenters. The third kappa shape index (κ3) is 1.64. The van der Waals surface area contributed by atoms with Crippen molar-refractivity contribution < 1.29 is 14.3 Å². The Morgan fingerprint density at radius 3 is 2.89 bits per heavy atom. The van der Waals surface area contributed by atoms with Crippen LogP contribution in [0.25, 0.3) is 11.0 Å². The lowest BCUT2D eigenvalue weighted by atomic mass is 10.3. The molecule has 18 heavy (non-hydrogen) atoms. The fraction of sp³-hybridized carbons (Fsp3) is 0.0833. The van der Waals surface area contributed by atoms with Crippen LogP contribution in [0.2, 0.25) is 0 Å². The van der Waals surface area contributed by atoms with Crippen LogP contribution in [0.3, 0.4) is 0 Å². The number of fused-ring (bicyclic) bond motifs is 1. The molecule has 0 radical (unpaired) electrons. The molecule has 90 valence electrons. The lowest BCUT2D eigenvalue weighted by Crippen LogP contribution is -2.22. The van der Waals surface area contributed by atoms with E-state index in [0.717, 1.165) is 5.69 Å². The second-order valence-electron chi connectivity index (χ2n) is 3.74. The average molecular weight is 243 g/mol. The number of hydrogen-bond donors (Lipinski definition) is 0. The molecular weight excluding hydrogens is 234 g/mol. The first-order chi connectivity index (χ1) is 8.75. The van der Waals surface area contributed by atoms with Crippen molar-refractivity contribution >= 4 is 11.0 Å². The predicted molar refractivity (Wildman–Crippen MR) is 62.0 cm³/mol. The van der Waals surface area contributed by atoms with Crippen LogP contribution in [0.15, 0.2) is 41.2 Å². The molecule has 0 bridgehead atoms. The molecule has 2 heterocycles. The van der Waals surface area contributed by atoms with Crippen LogP contribution in [0.5, 0.6) is 11.5 Å². The topological polar surface area (TPSA) is 75.1 Å². The van der Waals surface area contributed by atoms with Gasteiger partial charge in [0, 0.05) is 6.20 Å². The molecule has 0 N–H and O–H groups in total. The zero-order valence-corrected chi connectivity index (χ0v) is 9.53. The van der Waals surface area contributed by atoms with Gasteiger partial charge in [0.1, 0.15) is 5.75 Å². The molecule has 0 atom stereocenters. The highest BCUT2D eigenvalue weighted by Crippen LogP contribution is 2.28. The number of ether oxygens (including phenoxy) is 1. The summed E-state index contributed by atoms with van der Waals surface area (Å²) >= 11 is 0. The minimum absolute atomic E-state index is 0.328. The molecule has 0 aliphatic rings. The molecule has 3 aromatic rings. The summed E-state index contributed by atoms with van der Waals surface area (Å²) in [5.74, 6) is 1.08. The second-order valence-corrected chi connectivity index (χ2v) is 3.74. The van der Waals surface area contributed by atoms with E-state index in [1.54, 1.807) is 36.5 Å². The van der Waals surface area contributed by atoms with E-state index in [1.165, 1.54) is 0 Å². The fourth-order valence-electron chi connectivity index (χ4n) is 1.65. The van der Waals surface area contributed by atoms with Crippen LogP contribution in [0.1, 0.15) is 5.69 Å². The zero-order valence-electron chi connectivity index (χ0n) is 9.53. The number of aryl methyl sites for hydroxylation is 1. The summed E-state index contributed by atoms with van der Waals surface area (Å²) in [7, 11) is 0. The zero-order chi connectivity index (χ0) is 12.5. The SMILES string of the molecule is Cc1ncccc1Oc1cccc2c1no[n+]2[O-]. The van der Waals surface area contributed by atoms with Crippen LogP contribution in [-0.2, 0) is 0 Å². The molecule has 0 amide bonds. The second kappa shape index (κ2) is 3.99. The quantitative estimate of drug-likeness (QED) is 0.643. The third-order valence-electron chi connectivity index (χ3n) is 2.56. The van der Waals surface area contributed by atoms with Gasteiger partial charge in [0.05, 0.1) is 10.9 Å². The Kier molecular flexibility index (Phi) is 2.33. The lowest BCUT2D eigenvalue weighted by molar-refractivity contribution is -0.782. The molecule has 0 aliphatic carbocycles. The van der Waals surface area contributed by atoms with Gasteiger partial charge < -0.3 is 9.94 Å². The minimum Gasteiger partial charge on any atom is -0.451 e. The first-order valence-corrected chi connectivity index (χ1v) is 5.33. The maximum absolute atomic E-state index is 11.3. The van der Waals surface area contributed by atoms with Gasteiger partial charge in [0.2, 0.25) is 5.52 Å². The Morgan fingerprint density at radius 2 is 2.06 bits per heavy atom. The minimum atomic E-state index is 0.328. The Morgan fingerprint density at radius 1 is 1.22 bits per heavy atom. The average Bonchev–Trinajstić information content (AvgIpc) is 2.76. The summed E-state index contributed by atoms with van der Waals surface area (Å²) in [4.78, 5) is 4.47. The van der Waals surface area contributed by atoms with Gasteiger partial charge in [-0.3, -0.25) is 9.61 Å². The Bertz CT molecular complexity index is 709. The fourth-order valence-corrected chi connectivity index (χ4v) is 1.65. The van der Waals surface area contributed by atoms with E-state index in [9.17, 15) is 5.21 Å². The smallest absolute Gasteiger partial charge is 0.290 e. The van der Waals surface area contributed by atoms with Gasteiger partial charge in [0.25, 0.3) is 5.52 Å². The van der Waals surface area contributed by atoms with Crippen molar-refractivity contribution in [1.82, 2.24) is 10.1 Å². The van der Waals surface area contributed by atoms with Gasteiger partial charge >= 0.3 is 0 Å². The first kappa shape index (κ1) is 10.5. The molecule has 6 heteroatoms. The molecular formula is C12H9N3O3. The standard InChI is InChI=1S/C12H9N3O3/c1-8-10(6-3-7-13-8)17-11-5-2-4-9-12(11)14-18-15(9)16/h2-7H,1H3. The van der Waals surface area contributed by atoms with E-state index in [4.69, 9.17) is 4.74 Å². The first-order valence-electron chi connectivity index (χ1n) is 5.33. The van der Waals surface area contributed by atoms with Crippen molar-refractivity contribution in [2.45, 2.75) is 6.92 Å². The van der Waals surface area contributed by atoms with Gasteiger partial charge in [-0.1, -0.05) is 6.07 Å². The maximum Gasteiger partial charge on any atom is 0.290 e. The van der Waals surface area contributed by atoms with Crippen molar-refractivity contribution in [2.24, 2.45) is 0 Å². The molecule has 1 aromatic carbocycles. The molecule has 0 saturated heterocycles. The molecule has 3 rings (SSSR count). The van der Waals surface area contributed by atoms with Crippen molar-refractivity contribution in [3.05, 3.63) is 47.4 Å². The summed E-state index contributed by atoms with van der Waals surface area (Å²) in [5, 5.41) is 14.9. The Balaban J connectivity index is 2.08. The molecule has 0 fully saturated rings. The van der Waals surface area contributed by atoms with Gasteiger partial charge in [-0.2, -0.15) is 0 Å². The summed E-state index contributed by atoms with van der Waals surface area (Å²) in [5.41, 5.74) is 1.47. The van der Waals surface area contributed by atoms with Crippen molar-refractivity contribution in [3.63, 3.8) is 0 Å². The predicted octanol–water partition coefficient (Wildman–Crippen LogP) is 1.96. The highest BCUT2D eigenvalue weighted by molar-refractivity contribution is 5.78. The Hall–Kier alpha value is -2.63. The molecule has 6 nitrogen and oxygen atoms in total. The van der Waals surface area contributed by atoms with E-state index >= 15 is 0 Å². The molecule has 0 spiro atoms. The number of aromatic nitrogens is 3. The maximum atomic E-state index is 11.3. The number of pyridine rings is 1. The van der Waals surface area contributed by atoms with Crippen LogP contribution in [0.4, 0.5) is 0 Å². The van der Waals surface area contributed by atoms with Gasteiger partial charge in [-0.05, 0) is 36.1 Å². The van der Waals surface area contributed by atoms with E-state index < -0.39 is 0 Å². The van der Waals surface area contributed by atoms with E-state index in [0.29, 0.717) is 27.4 Å². The number of rotatable bonds is 2.